The molecule has 2 aromatic carbocycles. The lowest BCUT2D eigenvalue weighted by Crippen LogP contribution is -2.25. The average molecular weight is 281 g/mol. The third-order valence-electron chi connectivity index (χ3n) is 3.87. The first-order valence-corrected chi connectivity index (χ1v) is 6.98. The summed E-state index contributed by atoms with van der Waals surface area (Å²) in [7, 11) is 3.97. The number of amides is 1. The molecule has 108 valence electrons. The summed E-state index contributed by atoms with van der Waals surface area (Å²) >= 11 is 0. The molecule has 0 atom stereocenters. The van der Waals surface area contributed by atoms with E-state index in [1.165, 1.54) is 5.56 Å². The van der Waals surface area contributed by atoms with Gasteiger partial charge in [0.15, 0.2) is 0 Å². The molecule has 0 fully saturated rings. The molecule has 4 heteroatoms. The number of anilines is 2. The Hall–Kier alpha value is -2.49. The van der Waals surface area contributed by atoms with Crippen LogP contribution in [-0.2, 0) is 13.1 Å². The van der Waals surface area contributed by atoms with Gasteiger partial charge >= 0.3 is 0 Å². The van der Waals surface area contributed by atoms with Gasteiger partial charge in [-0.15, -0.1) is 0 Å². The fourth-order valence-corrected chi connectivity index (χ4v) is 2.64. The van der Waals surface area contributed by atoms with E-state index in [0.29, 0.717) is 13.1 Å². The van der Waals surface area contributed by atoms with E-state index in [9.17, 15) is 4.79 Å². The van der Waals surface area contributed by atoms with Crippen molar-refractivity contribution in [3.63, 3.8) is 0 Å². The summed E-state index contributed by atoms with van der Waals surface area (Å²) in [4.78, 5) is 16.4. The Bertz CT molecular complexity index is 677. The molecule has 0 bridgehead atoms. The van der Waals surface area contributed by atoms with Crippen LogP contribution in [0.5, 0.6) is 0 Å². The first-order chi connectivity index (χ1) is 10.0. The minimum atomic E-state index is 0.0649. The van der Waals surface area contributed by atoms with Gasteiger partial charge in [0, 0.05) is 44.1 Å². The number of carbonyl (C=O) groups excluding carboxylic acids is 1. The van der Waals surface area contributed by atoms with E-state index in [-0.39, 0.29) is 5.91 Å². The van der Waals surface area contributed by atoms with E-state index in [4.69, 9.17) is 5.73 Å². The molecule has 0 radical (unpaired) electrons. The van der Waals surface area contributed by atoms with Crippen molar-refractivity contribution in [2.24, 2.45) is 0 Å². The van der Waals surface area contributed by atoms with Gasteiger partial charge in [0.05, 0.1) is 0 Å². The number of nitrogen functional groups attached to an aromatic ring is 1. The monoisotopic (exact) mass is 281 g/mol. The van der Waals surface area contributed by atoms with Gasteiger partial charge in [-0.05, 0) is 47.5 Å². The molecular formula is C17H19N3O. The van der Waals surface area contributed by atoms with Crippen molar-refractivity contribution in [3.05, 3.63) is 59.2 Å². The van der Waals surface area contributed by atoms with Crippen LogP contribution in [0, 0.1) is 0 Å². The molecule has 4 nitrogen and oxygen atoms in total. The maximum absolute atomic E-state index is 12.6. The first-order valence-electron chi connectivity index (χ1n) is 6.98. The van der Waals surface area contributed by atoms with Crippen LogP contribution in [0.25, 0.3) is 0 Å². The van der Waals surface area contributed by atoms with Crippen LogP contribution in [0.4, 0.5) is 11.4 Å². The molecule has 2 N–H and O–H groups in total. The lowest BCUT2D eigenvalue weighted by atomic mass is 10.1. The predicted octanol–water partition coefficient (Wildman–Crippen LogP) is 2.49. The number of rotatable bonds is 2. The van der Waals surface area contributed by atoms with Crippen molar-refractivity contribution in [3.8, 4) is 0 Å². The van der Waals surface area contributed by atoms with E-state index in [0.717, 1.165) is 22.5 Å². The molecule has 2 aromatic rings. The molecule has 3 rings (SSSR count). The Morgan fingerprint density at radius 3 is 2.38 bits per heavy atom. The van der Waals surface area contributed by atoms with Gasteiger partial charge in [0.25, 0.3) is 5.91 Å². The Morgan fingerprint density at radius 1 is 1.05 bits per heavy atom. The third kappa shape index (κ3) is 2.57. The van der Waals surface area contributed by atoms with Crippen molar-refractivity contribution in [2.75, 3.05) is 24.7 Å². The van der Waals surface area contributed by atoms with Crippen LogP contribution in [0.1, 0.15) is 21.5 Å². The van der Waals surface area contributed by atoms with E-state index in [1.807, 2.05) is 66.4 Å². The molecule has 1 aliphatic heterocycles. The quantitative estimate of drug-likeness (QED) is 0.860. The maximum Gasteiger partial charge on any atom is 0.254 e. The zero-order valence-electron chi connectivity index (χ0n) is 12.3. The fraction of sp³-hybridized carbons (Fsp3) is 0.235. The number of benzene rings is 2. The summed E-state index contributed by atoms with van der Waals surface area (Å²) in [5.41, 5.74) is 10.7. The highest BCUT2D eigenvalue weighted by atomic mass is 16.2. The zero-order valence-corrected chi connectivity index (χ0v) is 12.3. The van der Waals surface area contributed by atoms with Crippen LogP contribution in [-0.4, -0.2) is 24.9 Å². The second-order valence-corrected chi connectivity index (χ2v) is 5.63. The van der Waals surface area contributed by atoms with Gasteiger partial charge in [-0.25, -0.2) is 0 Å². The highest BCUT2D eigenvalue weighted by molar-refractivity contribution is 5.95. The van der Waals surface area contributed by atoms with Crippen molar-refractivity contribution >= 4 is 17.3 Å². The van der Waals surface area contributed by atoms with Crippen molar-refractivity contribution in [2.45, 2.75) is 13.1 Å². The minimum Gasteiger partial charge on any atom is -0.399 e. The summed E-state index contributed by atoms with van der Waals surface area (Å²) < 4.78 is 0. The SMILES string of the molecule is CN(C)c1ccc(C(=O)N2Cc3ccc(N)cc3C2)cc1. The number of hydrogen-bond acceptors (Lipinski definition) is 3. The Kier molecular flexibility index (Phi) is 3.29. The molecule has 0 aliphatic carbocycles. The number of nitrogens with two attached hydrogens (primary N) is 1. The molecular weight excluding hydrogens is 262 g/mol. The summed E-state index contributed by atoms with van der Waals surface area (Å²) in [6, 6.07) is 13.6. The Labute approximate surface area is 124 Å². The van der Waals surface area contributed by atoms with Gasteiger partial charge in [-0.1, -0.05) is 6.07 Å². The maximum atomic E-state index is 12.6. The number of hydrogen-bond donors (Lipinski definition) is 1. The largest absolute Gasteiger partial charge is 0.399 e. The first kappa shape index (κ1) is 13.5. The van der Waals surface area contributed by atoms with E-state index in [1.54, 1.807) is 0 Å². The molecule has 0 spiro atoms. The summed E-state index contributed by atoms with van der Waals surface area (Å²) in [6.45, 7) is 1.29. The van der Waals surface area contributed by atoms with Crippen LogP contribution >= 0.6 is 0 Å². The summed E-state index contributed by atoms with van der Waals surface area (Å²) in [5.74, 6) is 0.0649. The van der Waals surface area contributed by atoms with Crippen LogP contribution < -0.4 is 10.6 Å². The van der Waals surface area contributed by atoms with E-state index >= 15 is 0 Å². The highest BCUT2D eigenvalue weighted by Crippen LogP contribution is 2.26. The molecule has 1 heterocycles. The van der Waals surface area contributed by atoms with Crippen LogP contribution in [0.15, 0.2) is 42.5 Å². The van der Waals surface area contributed by atoms with E-state index < -0.39 is 0 Å². The normalized spacial score (nSPS) is 13.1. The standard InChI is InChI=1S/C17H19N3O/c1-19(2)16-7-4-12(5-8-16)17(21)20-10-13-3-6-15(18)9-14(13)11-20/h3-9H,10-11,18H2,1-2H3. The summed E-state index contributed by atoms with van der Waals surface area (Å²) in [5, 5.41) is 0. The number of nitrogens with zero attached hydrogens (tertiary/aromatic N) is 2. The lowest BCUT2D eigenvalue weighted by molar-refractivity contribution is 0.0751. The minimum absolute atomic E-state index is 0.0649. The summed E-state index contributed by atoms with van der Waals surface area (Å²) in [6.07, 6.45) is 0. The van der Waals surface area contributed by atoms with Crippen molar-refractivity contribution in [1.82, 2.24) is 4.90 Å². The fourth-order valence-electron chi connectivity index (χ4n) is 2.64. The molecule has 1 amide bonds. The van der Waals surface area contributed by atoms with Gasteiger partial charge in [0.1, 0.15) is 0 Å². The van der Waals surface area contributed by atoms with Crippen LogP contribution in [0.3, 0.4) is 0 Å². The molecule has 0 aromatic heterocycles. The molecule has 0 saturated carbocycles. The number of carbonyl (C=O) groups is 1. The van der Waals surface area contributed by atoms with Crippen molar-refractivity contribution < 1.29 is 4.79 Å². The second-order valence-electron chi connectivity index (χ2n) is 5.63. The zero-order chi connectivity index (χ0) is 15.0. The van der Waals surface area contributed by atoms with Crippen LogP contribution in [0.2, 0.25) is 0 Å². The smallest absolute Gasteiger partial charge is 0.254 e. The number of fused-ring (bicyclic) bond motifs is 1. The molecule has 21 heavy (non-hydrogen) atoms. The lowest BCUT2D eigenvalue weighted by Gasteiger charge is -2.17. The Morgan fingerprint density at radius 2 is 1.71 bits per heavy atom. The van der Waals surface area contributed by atoms with Gasteiger partial charge in [-0.2, -0.15) is 0 Å². The molecule has 0 saturated heterocycles. The van der Waals surface area contributed by atoms with Gasteiger partial charge in [-0.3, -0.25) is 4.79 Å². The van der Waals surface area contributed by atoms with Crippen molar-refractivity contribution in [1.29, 1.82) is 0 Å². The molecule has 0 unspecified atom stereocenters. The van der Waals surface area contributed by atoms with Gasteiger partial charge < -0.3 is 15.5 Å². The molecule has 1 aliphatic rings. The second kappa shape index (κ2) is 5.13. The average Bonchev–Trinajstić information content (AvgIpc) is 2.89. The van der Waals surface area contributed by atoms with Gasteiger partial charge in [0.2, 0.25) is 0 Å². The Balaban J connectivity index is 1.78. The predicted molar refractivity (Wildman–Crippen MR) is 85.2 cm³/mol. The van der Waals surface area contributed by atoms with E-state index in [2.05, 4.69) is 0 Å². The third-order valence-corrected chi connectivity index (χ3v) is 3.87. The topological polar surface area (TPSA) is 49.6 Å². The highest BCUT2D eigenvalue weighted by Gasteiger charge is 2.24.